The van der Waals surface area contributed by atoms with E-state index >= 15 is 0 Å². The van der Waals surface area contributed by atoms with E-state index in [-0.39, 0.29) is 11.9 Å². The Bertz CT molecular complexity index is 302. The molecule has 1 amide bonds. The monoisotopic (exact) mass is 223 g/mol. The molecule has 1 aliphatic carbocycles. The van der Waals surface area contributed by atoms with Gasteiger partial charge in [-0.3, -0.25) is 4.79 Å². The lowest BCUT2D eigenvalue weighted by atomic mass is 10.1. The largest absolute Gasteiger partial charge is 0.459 e. The molecule has 3 nitrogen and oxygen atoms in total. The average molecular weight is 223 g/mol. The van der Waals surface area contributed by atoms with Crippen LogP contribution in [0, 0.1) is 5.92 Å². The van der Waals surface area contributed by atoms with E-state index in [4.69, 9.17) is 4.42 Å². The second-order valence-electron chi connectivity index (χ2n) is 4.03. The minimum absolute atomic E-state index is 0.108. The van der Waals surface area contributed by atoms with Crippen LogP contribution in [0.2, 0.25) is 0 Å². The summed E-state index contributed by atoms with van der Waals surface area (Å²) in [5, 5.41) is 2.92. The summed E-state index contributed by atoms with van der Waals surface area (Å²) < 4.78 is 5.00. The molecule has 1 aliphatic rings. The first-order valence-electron chi connectivity index (χ1n) is 6.10. The summed E-state index contributed by atoms with van der Waals surface area (Å²) in [6, 6.07) is 3.65. The minimum Gasteiger partial charge on any atom is -0.459 e. The summed E-state index contributed by atoms with van der Waals surface area (Å²) in [6.45, 7) is 6.04. The van der Waals surface area contributed by atoms with Crippen LogP contribution in [0.3, 0.4) is 0 Å². The van der Waals surface area contributed by atoms with E-state index in [1.807, 2.05) is 20.8 Å². The van der Waals surface area contributed by atoms with E-state index in [2.05, 4.69) is 5.32 Å². The molecule has 1 unspecified atom stereocenters. The average Bonchev–Trinajstić information content (AvgIpc) is 2.92. The van der Waals surface area contributed by atoms with Crippen molar-refractivity contribution >= 4 is 5.91 Å². The van der Waals surface area contributed by atoms with Crippen molar-refractivity contribution in [2.75, 3.05) is 0 Å². The molecule has 0 saturated heterocycles. The number of nitrogens with one attached hydrogen (secondary N) is 1. The quantitative estimate of drug-likeness (QED) is 0.851. The maximum absolute atomic E-state index is 11.5. The lowest BCUT2D eigenvalue weighted by molar-refractivity contribution is 0.0909. The molecule has 0 spiro atoms. The van der Waals surface area contributed by atoms with Crippen LogP contribution in [0.5, 0.6) is 0 Å². The van der Waals surface area contributed by atoms with Crippen molar-refractivity contribution < 1.29 is 9.21 Å². The molecule has 0 aliphatic heterocycles. The Morgan fingerprint density at radius 3 is 2.75 bits per heavy atom. The summed E-state index contributed by atoms with van der Waals surface area (Å²) in [5.41, 5.74) is 0. The van der Waals surface area contributed by atoms with Crippen LogP contribution in [-0.2, 0) is 0 Å². The van der Waals surface area contributed by atoms with Gasteiger partial charge in [-0.1, -0.05) is 26.7 Å². The minimum atomic E-state index is -0.108. The van der Waals surface area contributed by atoms with Gasteiger partial charge in [0.15, 0.2) is 5.76 Å². The zero-order chi connectivity index (χ0) is 12.0. The third-order valence-corrected chi connectivity index (χ3v) is 2.51. The van der Waals surface area contributed by atoms with Gasteiger partial charge in [0.1, 0.15) is 0 Å². The van der Waals surface area contributed by atoms with Gasteiger partial charge in [-0.2, -0.15) is 0 Å². The summed E-state index contributed by atoms with van der Waals surface area (Å²) in [4.78, 5) is 11.5. The van der Waals surface area contributed by atoms with E-state index in [1.165, 1.54) is 19.1 Å². The summed E-state index contributed by atoms with van der Waals surface area (Å²) >= 11 is 0. The number of amides is 1. The first-order valence-corrected chi connectivity index (χ1v) is 6.10. The number of carbonyl (C=O) groups excluding carboxylic acids is 1. The van der Waals surface area contributed by atoms with Crippen molar-refractivity contribution in [1.29, 1.82) is 0 Å². The Hall–Kier alpha value is -1.25. The van der Waals surface area contributed by atoms with Gasteiger partial charge in [0, 0.05) is 6.04 Å². The van der Waals surface area contributed by atoms with E-state index in [1.54, 1.807) is 12.1 Å². The third-order valence-electron chi connectivity index (χ3n) is 2.51. The van der Waals surface area contributed by atoms with E-state index in [0.717, 1.165) is 12.3 Å². The van der Waals surface area contributed by atoms with Crippen LogP contribution >= 0.6 is 0 Å². The van der Waals surface area contributed by atoms with Crippen molar-refractivity contribution in [1.82, 2.24) is 5.32 Å². The maximum Gasteiger partial charge on any atom is 0.287 e. The maximum atomic E-state index is 11.5. The fourth-order valence-corrected chi connectivity index (χ4v) is 1.62. The normalized spacial score (nSPS) is 15.9. The van der Waals surface area contributed by atoms with Crippen LogP contribution in [0.25, 0.3) is 0 Å². The van der Waals surface area contributed by atoms with Crippen LogP contribution in [0.4, 0.5) is 0 Å². The SMILES string of the molecule is CC.CC(CC1CC1)NC(=O)c1ccco1. The topological polar surface area (TPSA) is 42.2 Å². The van der Waals surface area contributed by atoms with Crippen molar-refractivity contribution in [2.45, 2.75) is 46.1 Å². The second-order valence-corrected chi connectivity index (χ2v) is 4.03. The van der Waals surface area contributed by atoms with Crippen LogP contribution < -0.4 is 5.32 Å². The predicted molar refractivity (Wildman–Crippen MR) is 64.3 cm³/mol. The molecule has 0 aromatic carbocycles. The van der Waals surface area contributed by atoms with Crippen molar-refractivity contribution in [3.63, 3.8) is 0 Å². The van der Waals surface area contributed by atoms with E-state index < -0.39 is 0 Å². The Morgan fingerprint density at radius 1 is 1.56 bits per heavy atom. The number of rotatable bonds is 4. The molecule has 1 N–H and O–H groups in total. The lowest BCUT2D eigenvalue weighted by Crippen LogP contribution is -2.32. The summed E-state index contributed by atoms with van der Waals surface area (Å²) in [6.07, 6.45) is 5.24. The Kier molecular flexibility index (Phi) is 5.09. The zero-order valence-electron chi connectivity index (χ0n) is 10.3. The first kappa shape index (κ1) is 12.8. The van der Waals surface area contributed by atoms with Gasteiger partial charge in [0.25, 0.3) is 5.91 Å². The molecule has 3 heteroatoms. The Morgan fingerprint density at radius 2 is 2.25 bits per heavy atom. The molecule has 2 rings (SSSR count). The zero-order valence-corrected chi connectivity index (χ0v) is 10.3. The standard InChI is InChI=1S/C11H15NO2.C2H6/c1-8(7-9-4-5-9)12-11(13)10-3-2-6-14-10;1-2/h2-3,6,8-9H,4-5,7H2,1H3,(H,12,13);1-2H3. The van der Waals surface area contributed by atoms with Gasteiger partial charge in [0.05, 0.1) is 6.26 Å². The molecule has 90 valence electrons. The Balaban J connectivity index is 0.000000606. The van der Waals surface area contributed by atoms with E-state index in [0.29, 0.717) is 5.76 Å². The molecular formula is C13H21NO2. The van der Waals surface area contributed by atoms with Gasteiger partial charge in [-0.25, -0.2) is 0 Å². The van der Waals surface area contributed by atoms with Gasteiger partial charge in [-0.05, 0) is 31.4 Å². The summed E-state index contributed by atoms with van der Waals surface area (Å²) in [7, 11) is 0. The molecule has 1 aromatic rings. The number of carbonyl (C=O) groups is 1. The smallest absolute Gasteiger partial charge is 0.287 e. The number of hydrogen-bond donors (Lipinski definition) is 1. The van der Waals surface area contributed by atoms with Crippen molar-refractivity contribution in [2.24, 2.45) is 5.92 Å². The van der Waals surface area contributed by atoms with Gasteiger partial charge >= 0.3 is 0 Å². The molecule has 1 heterocycles. The van der Waals surface area contributed by atoms with Crippen LogP contribution in [0.1, 0.15) is 50.6 Å². The third kappa shape index (κ3) is 4.09. The highest BCUT2D eigenvalue weighted by Gasteiger charge is 2.24. The number of hydrogen-bond acceptors (Lipinski definition) is 2. The first-order chi connectivity index (χ1) is 7.75. The number of furan rings is 1. The summed E-state index contributed by atoms with van der Waals surface area (Å²) in [5.74, 6) is 1.12. The molecule has 1 atom stereocenters. The molecule has 0 radical (unpaired) electrons. The predicted octanol–water partition coefficient (Wildman–Crippen LogP) is 3.22. The molecule has 1 aromatic heterocycles. The fraction of sp³-hybridized carbons (Fsp3) is 0.615. The van der Waals surface area contributed by atoms with Gasteiger partial charge in [0.2, 0.25) is 0 Å². The van der Waals surface area contributed by atoms with Gasteiger partial charge in [-0.15, -0.1) is 0 Å². The molecule has 16 heavy (non-hydrogen) atoms. The van der Waals surface area contributed by atoms with Crippen molar-refractivity contribution in [3.05, 3.63) is 24.2 Å². The molecule has 1 saturated carbocycles. The molecular weight excluding hydrogens is 202 g/mol. The highest BCUT2D eigenvalue weighted by Crippen LogP contribution is 2.33. The fourth-order valence-electron chi connectivity index (χ4n) is 1.62. The Labute approximate surface area is 97.2 Å². The second kappa shape index (κ2) is 6.36. The highest BCUT2D eigenvalue weighted by molar-refractivity contribution is 5.91. The van der Waals surface area contributed by atoms with Crippen LogP contribution in [-0.4, -0.2) is 11.9 Å². The van der Waals surface area contributed by atoms with Gasteiger partial charge < -0.3 is 9.73 Å². The van der Waals surface area contributed by atoms with Crippen molar-refractivity contribution in [3.8, 4) is 0 Å². The van der Waals surface area contributed by atoms with Crippen LogP contribution in [0.15, 0.2) is 22.8 Å². The highest BCUT2D eigenvalue weighted by atomic mass is 16.3. The molecule has 1 fully saturated rings. The lowest BCUT2D eigenvalue weighted by Gasteiger charge is -2.11. The van der Waals surface area contributed by atoms with E-state index in [9.17, 15) is 4.79 Å². The molecule has 0 bridgehead atoms.